The molecule has 3 saturated carbocycles. The van der Waals surface area contributed by atoms with Gasteiger partial charge in [0.25, 0.3) is 0 Å². The van der Waals surface area contributed by atoms with Gasteiger partial charge in [0.1, 0.15) is 53.9 Å². The third-order valence-electron chi connectivity index (χ3n) is 24.1. The van der Waals surface area contributed by atoms with Gasteiger partial charge in [-0.3, -0.25) is 57.5 Å². The third-order valence-corrected chi connectivity index (χ3v) is 26.3. The van der Waals surface area contributed by atoms with Gasteiger partial charge in [-0.05, 0) is 124 Å². The second-order valence-corrected chi connectivity index (χ2v) is 34.5. The zero-order valence-corrected chi connectivity index (χ0v) is 67.3. The van der Waals surface area contributed by atoms with Gasteiger partial charge < -0.3 is 64.8 Å². The maximum atomic E-state index is 15.8. The molecule has 0 radical (unpaired) electrons. The van der Waals surface area contributed by atoms with Crippen LogP contribution >= 0.6 is 23.4 Å². The smallest absolute Gasteiger partial charge is 0.248 e. The fourth-order valence-corrected chi connectivity index (χ4v) is 20.0. The lowest BCUT2D eigenvalue weighted by Gasteiger charge is -2.54. The molecule has 2 bridgehead atoms. The quantitative estimate of drug-likeness (QED) is 0.120. The third kappa shape index (κ3) is 20.4. The standard InChI is InChI=1S/C77H127ClN12O13S/c1-18-26-56-67(94)80-64(48(7)19-2)73(100)84(13)44-63(93)86(15)57-27-24-23-25-35-89(72(57)99)60(39-49-30-28-47(6)29-31-49)71(98)83(12)43-61(91)79-55(33-32-50-37-52-34-36-104-66(52)54(78)38-50)69(96)90-42-53(103-22-5)40-58(90)68(95)81-77(45-76(8,9)46-77)75(102)88(17)65(51(20-3)21-4)74(101)87(16)59(70(97)82(10)11)41-62(92)85(56)14/h23-24,47-60,64-66H,18-22,25-46H2,1-17H3,(H,79,91)(H,80,94)(H,81,95)/b24-23-/t47?,48-,49?,50?,52?,53+,54?,55-,56-,57-,58-,59-,60-,64-,65-,66?/m0/s1. The summed E-state index contributed by atoms with van der Waals surface area (Å²) in [5.41, 5.74) is -2.05. The number of carbonyl (C=O) groups excluding carboxylic acids is 12. The lowest BCUT2D eigenvalue weighted by Crippen LogP contribution is -2.71. The van der Waals surface area contributed by atoms with E-state index in [1.54, 1.807) is 11.8 Å². The van der Waals surface area contributed by atoms with Crippen LogP contribution in [0.2, 0.25) is 0 Å². The van der Waals surface area contributed by atoms with Crippen LogP contribution < -0.4 is 16.0 Å². The van der Waals surface area contributed by atoms with E-state index in [2.05, 4.69) is 22.9 Å². The van der Waals surface area contributed by atoms with E-state index < -0.39 is 168 Å². The summed E-state index contributed by atoms with van der Waals surface area (Å²) in [6.07, 6.45) is 12.5. The Kier molecular flexibility index (Phi) is 30.9. The Morgan fingerprint density at radius 2 is 1.35 bits per heavy atom. The number of likely N-dealkylation sites (N-methyl/N-ethyl adjacent to an activating group) is 7. The average molecular weight is 1500 g/mol. The summed E-state index contributed by atoms with van der Waals surface area (Å²) < 4.78 is 6.21. The van der Waals surface area contributed by atoms with Crippen molar-refractivity contribution in [3.05, 3.63) is 12.2 Å². The lowest BCUT2D eigenvalue weighted by molar-refractivity contribution is -0.161. The van der Waals surface area contributed by atoms with E-state index in [4.69, 9.17) is 16.3 Å². The fraction of sp³-hybridized carbons (Fsp3) is 0.818. The molecule has 3 aliphatic carbocycles. The highest BCUT2D eigenvalue weighted by atomic mass is 35.5. The number of alkyl halides is 1. The van der Waals surface area contributed by atoms with Crippen LogP contribution in [-0.4, -0.2) is 281 Å². The molecule has 4 heterocycles. The molecule has 1 spiro atoms. The summed E-state index contributed by atoms with van der Waals surface area (Å²) in [5.74, 6) is -5.89. The second kappa shape index (κ2) is 37.7. The van der Waals surface area contributed by atoms with Crippen LogP contribution in [0.5, 0.6) is 0 Å². The number of ether oxygens (including phenoxy) is 1. The highest BCUT2D eigenvalue weighted by Gasteiger charge is 2.59. The van der Waals surface area contributed by atoms with Crippen molar-refractivity contribution >= 4 is 94.2 Å². The van der Waals surface area contributed by atoms with Crippen molar-refractivity contribution in [3.63, 3.8) is 0 Å². The number of amides is 12. The van der Waals surface area contributed by atoms with Crippen molar-refractivity contribution in [2.75, 3.05) is 94.9 Å². The van der Waals surface area contributed by atoms with Crippen LogP contribution in [0.1, 0.15) is 197 Å². The number of hydrogen-bond donors (Lipinski definition) is 3. The number of rotatable bonds is 15. The largest absolute Gasteiger partial charge is 0.377 e. The summed E-state index contributed by atoms with van der Waals surface area (Å²) in [5, 5.41) is 9.42. The van der Waals surface area contributed by atoms with Crippen LogP contribution in [0.4, 0.5) is 0 Å². The monoisotopic (exact) mass is 1490 g/mol. The first-order chi connectivity index (χ1) is 49.1. The number of hydrogen-bond acceptors (Lipinski definition) is 14. The summed E-state index contributed by atoms with van der Waals surface area (Å²) >= 11 is 9.02. The maximum absolute atomic E-state index is 15.8. The molecule has 7 aliphatic rings. The molecule has 0 aromatic carbocycles. The van der Waals surface area contributed by atoms with Crippen molar-refractivity contribution in [1.82, 2.24) is 60.0 Å². The van der Waals surface area contributed by atoms with Crippen molar-refractivity contribution in [2.24, 2.45) is 40.9 Å². The Labute approximate surface area is 629 Å². The minimum Gasteiger partial charge on any atom is -0.377 e. The summed E-state index contributed by atoms with van der Waals surface area (Å²) in [4.78, 5) is 194. The average Bonchev–Trinajstić information content (AvgIpc) is 0.914. The van der Waals surface area contributed by atoms with Crippen molar-refractivity contribution in [2.45, 2.75) is 268 Å². The number of nitrogens with zero attached hydrogens (tertiary/aromatic N) is 9. The topological polar surface area (TPSA) is 279 Å². The molecular formula is C77H127ClN12O13S. The molecule has 6 fully saturated rings. The van der Waals surface area contributed by atoms with E-state index in [9.17, 15) is 28.8 Å². The molecule has 0 aromatic heterocycles. The number of thioether (sulfide) groups is 1. The molecule has 7 rings (SSSR count). The Hall–Kier alpha value is -6.02. The van der Waals surface area contributed by atoms with Crippen molar-refractivity contribution in [1.29, 1.82) is 0 Å². The van der Waals surface area contributed by atoms with E-state index >= 15 is 28.8 Å². The molecule has 3 saturated heterocycles. The number of nitrogens with one attached hydrogen (secondary N) is 3. The van der Waals surface area contributed by atoms with E-state index in [1.165, 1.54) is 95.6 Å². The van der Waals surface area contributed by atoms with Crippen LogP contribution in [0.25, 0.3) is 0 Å². The van der Waals surface area contributed by atoms with Gasteiger partial charge in [0.2, 0.25) is 70.9 Å². The minimum absolute atomic E-state index is 0.0127. The fourth-order valence-electron chi connectivity index (χ4n) is 17.8. The summed E-state index contributed by atoms with van der Waals surface area (Å²) in [6, 6.07) is -9.52. The molecule has 4 aliphatic heterocycles. The second-order valence-electron chi connectivity index (χ2n) is 32.7. The number of halogens is 1. The van der Waals surface area contributed by atoms with Gasteiger partial charge >= 0.3 is 0 Å². The number of fused-ring (bicyclic) bond motifs is 4. The zero-order chi connectivity index (χ0) is 77.0. The van der Waals surface area contributed by atoms with Gasteiger partial charge in [0.05, 0.1) is 25.6 Å². The molecule has 104 heavy (non-hydrogen) atoms. The Bertz CT molecular complexity index is 3080. The Balaban J connectivity index is 1.32. The van der Waals surface area contributed by atoms with E-state index in [1.807, 2.05) is 72.4 Å². The molecule has 3 N–H and O–H groups in total. The normalized spacial score (nSPS) is 32.5. The molecule has 4 unspecified atom stereocenters. The van der Waals surface area contributed by atoms with Crippen LogP contribution in [-0.2, 0) is 62.3 Å². The first-order valence-corrected chi connectivity index (χ1v) is 40.4. The van der Waals surface area contributed by atoms with Gasteiger partial charge in [0, 0.05) is 93.1 Å². The van der Waals surface area contributed by atoms with E-state index in [0.29, 0.717) is 62.0 Å². The van der Waals surface area contributed by atoms with E-state index in [-0.39, 0.29) is 75.4 Å². The van der Waals surface area contributed by atoms with Gasteiger partial charge in [-0.25, -0.2) is 0 Å². The maximum Gasteiger partial charge on any atom is 0.248 e. The van der Waals surface area contributed by atoms with E-state index in [0.717, 1.165) is 50.7 Å². The molecule has 25 nitrogen and oxygen atoms in total. The molecule has 12 amide bonds. The van der Waals surface area contributed by atoms with Crippen molar-refractivity contribution in [3.8, 4) is 0 Å². The molecule has 586 valence electrons. The zero-order valence-electron chi connectivity index (χ0n) is 65.7. The molecule has 0 aromatic rings. The van der Waals surface area contributed by atoms with Gasteiger partial charge in [0.15, 0.2) is 0 Å². The first kappa shape index (κ1) is 85.2. The summed E-state index contributed by atoms with van der Waals surface area (Å²) in [6.45, 7) is 16.7. The Morgan fingerprint density at radius 1 is 0.683 bits per heavy atom. The van der Waals surface area contributed by atoms with Crippen LogP contribution in [0.15, 0.2) is 12.2 Å². The van der Waals surface area contributed by atoms with Gasteiger partial charge in [-0.2, -0.15) is 11.8 Å². The van der Waals surface area contributed by atoms with Crippen LogP contribution in [0.3, 0.4) is 0 Å². The highest BCUT2D eigenvalue weighted by Crippen LogP contribution is 2.50. The van der Waals surface area contributed by atoms with Gasteiger partial charge in [-0.1, -0.05) is 119 Å². The predicted octanol–water partition coefficient (Wildman–Crippen LogP) is 6.32. The highest BCUT2D eigenvalue weighted by molar-refractivity contribution is 8.00. The molecule has 27 heteroatoms. The van der Waals surface area contributed by atoms with Gasteiger partial charge in [-0.15, -0.1) is 11.6 Å². The minimum atomic E-state index is -1.58. The Morgan fingerprint density at radius 3 is 1.96 bits per heavy atom. The summed E-state index contributed by atoms with van der Waals surface area (Å²) in [7, 11) is 11.8. The molecule has 14 atom stereocenters. The first-order valence-electron chi connectivity index (χ1n) is 38.9. The van der Waals surface area contributed by atoms with Crippen LogP contribution in [0, 0.1) is 40.9 Å². The van der Waals surface area contributed by atoms with Crippen molar-refractivity contribution < 1.29 is 62.3 Å². The molecular weight excluding hydrogens is 1370 g/mol. The number of carbonyl (C=O) groups is 12. The lowest BCUT2D eigenvalue weighted by atomic mass is 9.58. The SMILES string of the molecule is CCC[C@H]1C(=O)N[C@@H]([C@@H](C)CC)C(=O)N(C)CC(=O)N(C)[C@H]2C/C=C\CCN(C2=O)[C@@H](CC2CCC(C)CC2)C(=O)N(C)CC(=O)N[C@@H](CCC2CC(Cl)C3SCCC3C2)C(=O)N2C[C@H](OCC)C[C@H]2C(=O)NC2(CC(C)(C)C2)C(=O)N(C)[C@@H](C(CC)CC)C(=O)N(C)[C@H](C(=O)N(C)C)CC(=O)N1C. The predicted molar refractivity (Wildman–Crippen MR) is 402 cm³/mol.